The first kappa shape index (κ1) is 19.0. The summed E-state index contributed by atoms with van der Waals surface area (Å²) in [5.41, 5.74) is 2.68. The van der Waals surface area contributed by atoms with Crippen molar-refractivity contribution in [2.24, 2.45) is 5.16 Å². The summed E-state index contributed by atoms with van der Waals surface area (Å²) < 4.78 is 6.90. The topological polar surface area (TPSA) is 77.7 Å². The van der Waals surface area contributed by atoms with Gasteiger partial charge in [0.25, 0.3) is 5.91 Å². The van der Waals surface area contributed by atoms with Crippen LogP contribution in [0, 0.1) is 0 Å². The first-order chi connectivity index (χ1) is 14.1. The van der Waals surface area contributed by atoms with Gasteiger partial charge in [0.1, 0.15) is 5.75 Å². The highest BCUT2D eigenvalue weighted by Gasteiger charge is 2.29. The lowest BCUT2D eigenvalue weighted by molar-refractivity contribution is -0.125. The minimum Gasteiger partial charge on any atom is -0.497 e. The van der Waals surface area contributed by atoms with E-state index in [1.54, 1.807) is 24.1 Å². The van der Waals surface area contributed by atoms with Crippen molar-refractivity contribution in [2.45, 2.75) is 19.1 Å². The molecule has 0 bridgehead atoms. The van der Waals surface area contributed by atoms with Gasteiger partial charge in [-0.1, -0.05) is 28.9 Å². The van der Waals surface area contributed by atoms with Crippen LogP contribution in [0.3, 0.4) is 0 Å². The van der Waals surface area contributed by atoms with Gasteiger partial charge in [-0.15, -0.1) is 0 Å². The number of hydrogen-bond acceptors (Lipinski definition) is 5. The Morgan fingerprint density at radius 3 is 2.69 bits per heavy atom. The van der Waals surface area contributed by atoms with Crippen LogP contribution in [-0.2, 0) is 16.2 Å². The number of aromatic nitrogens is 2. The zero-order valence-electron chi connectivity index (χ0n) is 15.7. The maximum Gasteiger partial charge on any atom is 0.269 e. The molecule has 8 heteroatoms. The summed E-state index contributed by atoms with van der Waals surface area (Å²) >= 11 is 5.90. The Labute approximate surface area is 172 Å². The molecule has 0 spiro atoms. The number of oxime groups is 1. The standard InChI is InChI=1S/C21H19ClN4O3/c1-28-17-8-4-15(5-9-17)18-12-19(29-25-18)21(27)23-20-10-11-26(24-20)13-14-2-6-16(22)7-3-14/h2-11,19H,12-13H2,1H3,(H,23,24,27). The summed E-state index contributed by atoms with van der Waals surface area (Å²) in [4.78, 5) is 17.8. The maximum atomic E-state index is 12.5. The predicted molar refractivity (Wildman–Crippen MR) is 110 cm³/mol. The Morgan fingerprint density at radius 1 is 1.21 bits per heavy atom. The number of benzene rings is 2. The number of amides is 1. The molecule has 1 N–H and O–H groups in total. The molecular formula is C21H19ClN4O3. The summed E-state index contributed by atoms with van der Waals surface area (Å²) in [6.45, 7) is 0.581. The van der Waals surface area contributed by atoms with Gasteiger partial charge in [0.2, 0.25) is 6.10 Å². The van der Waals surface area contributed by atoms with Crippen LogP contribution >= 0.6 is 11.6 Å². The number of nitrogens with one attached hydrogen (secondary N) is 1. The van der Waals surface area contributed by atoms with Crippen molar-refractivity contribution in [2.75, 3.05) is 12.4 Å². The van der Waals surface area contributed by atoms with E-state index in [9.17, 15) is 4.79 Å². The van der Waals surface area contributed by atoms with Crippen molar-refractivity contribution >= 4 is 29.0 Å². The first-order valence-corrected chi connectivity index (χ1v) is 9.44. The number of ether oxygens (including phenoxy) is 1. The molecule has 0 saturated carbocycles. The van der Waals surface area contributed by atoms with E-state index in [0.717, 1.165) is 22.6 Å². The Morgan fingerprint density at radius 2 is 1.97 bits per heavy atom. The molecule has 0 radical (unpaired) electrons. The van der Waals surface area contributed by atoms with Crippen LogP contribution in [-0.4, -0.2) is 34.6 Å². The number of carbonyl (C=O) groups excluding carboxylic acids is 1. The molecule has 2 aromatic carbocycles. The molecule has 0 aliphatic carbocycles. The van der Waals surface area contributed by atoms with Crippen LogP contribution in [0.2, 0.25) is 5.02 Å². The second-order valence-corrected chi connectivity index (χ2v) is 7.02. The third-order valence-electron chi connectivity index (χ3n) is 4.53. The number of rotatable bonds is 6. The largest absolute Gasteiger partial charge is 0.497 e. The van der Waals surface area contributed by atoms with E-state index in [0.29, 0.717) is 23.8 Å². The van der Waals surface area contributed by atoms with Crippen LogP contribution < -0.4 is 10.1 Å². The van der Waals surface area contributed by atoms with Crippen molar-refractivity contribution in [3.63, 3.8) is 0 Å². The van der Waals surface area contributed by atoms with Gasteiger partial charge in [-0.25, -0.2) is 0 Å². The summed E-state index contributed by atoms with van der Waals surface area (Å²) in [7, 11) is 1.61. The lowest BCUT2D eigenvalue weighted by atomic mass is 10.0. The zero-order valence-corrected chi connectivity index (χ0v) is 16.5. The zero-order chi connectivity index (χ0) is 20.2. The minimum atomic E-state index is -0.687. The van der Waals surface area contributed by atoms with Crippen LogP contribution in [0.1, 0.15) is 17.5 Å². The van der Waals surface area contributed by atoms with Crippen molar-refractivity contribution in [1.82, 2.24) is 9.78 Å². The lowest BCUT2D eigenvalue weighted by Gasteiger charge is -2.07. The van der Waals surface area contributed by atoms with Gasteiger partial charge in [-0.05, 0) is 47.5 Å². The fraction of sp³-hybridized carbons (Fsp3) is 0.190. The molecule has 148 valence electrons. The quantitative estimate of drug-likeness (QED) is 0.671. The van der Waals surface area contributed by atoms with Crippen LogP contribution in [0.4, 0.5) is 5.82 Å². The van der Waals surface area contributed by atoms with Crippen molar-refractivity contribution in [1.29, 1.82) is 0 Å². The third kappa shape index (κ3) is 4.57. The lowest BCUT2D eigenvalue weighted by Crippen LogP contribution is -2.28. The molecule has 1 aromatic heterocycles. The van der Waals surface area contributed by atoms with E-state index in [-0.39, 0.29) is 5.91 Å². The van der Waals surface area contributed by atoms with Gasteiger partial charge in [-0.2, -0.15) is 5.10 Å². The fourth-order valence-electron chi connectivity index (χ4n) is 2.97. The van der Waals surface area contributed by atoms with Gasteiger partial charge in [0.05, 0.1) is 19.4 Å². The van der Waals surface area contributed by atoms with Gasteiger partial charge >= 0.3 is 0 Å². The summed E-state index contributed by atoms with van der Waals surface area (Å²) in [5.74, 6) is 0.941. The monoisotopic (exact) mass is 410 g/mol. The highest BCUT2D eigenvalue weighted by Crippen LogP contribution is 2.20. The molecule has 1 aliphatic heterocycles. The third-order valence-corrected chi connectivity index (χ3v) is 4.79. The SMILES string of the molecule is COc1ccc(C2=NOC(C(=O)Nc3ccn(Cc4ccc(Cl)cc4)n3)C2)cc1. The van der Waals surface area contributed by atoms with Crippen LogP contribution in [0.5, 0.6) is 5.75 Å². The molecular weight excluding hydrogens is 392 g/mol. The summed E-state index contributed by atoms with van der Waals surface area (Å²) in [6, 6.07) is 16.8. The van der Waals surface area contributed by atoms with E-state index in [4.69, 9.17) is 21.2 Å². The highest BCUT2D eigenvalue weighted by atomic mass is 35.5. The number of anilines is 1. The Balaban J connectivity index is 1.33. The van der Waals surface area contributed by atoms with E-state index in [1.807, 2.05) is 48.5 Å². The number of halogens is 1. The average molecular weight is 411 g/mol. The highest BCUT2D eigenvalue weighted by molar-refractivity contribution is 6.30. The molecule has 1 aliphatic rings. The van der Waals surface area contributed by atoms with Crippen LogP contribution in [0.15, 0.2) is 65.9 Å². The predicted octanol–water partition coefficient (Wildman–Crippen LogP) is 3.73. The molecule has 2 heterocycles. The second-order valence-electron chi connectivity index (χ2n) is 6.58. The van der Waals surface area contributed by atoms with E-state index in [2.05, 4.69) is 15.6 Å². The van der Waals surface area contributed by atoms with Crippen LogP contribution in [0.25, 0.3) is 0 Å². The van der Waals surface area contributed by atoms with Crippen molar-refractivity contribution in [3.05, 3.63) is 76.9 Å². The Bertz CT molecular complexity index is 1030. The average Bonchev–Trinajstić information content (AvgIpc) is 3.40. The normalized spacial score (nSPS) is 15.5. The molecule has 1 amide bonds. The Kier molecular flexibility index (Phi) is 5.48. The van der Waals surface area contributed by atoms with E-state index in [1.165, 1.54) is 0 Å². The number of nitrogens with zero attached hydrogens (tertiary/aromatic N) is 3. The van der Waals surface area contributed by atoms with Gasteiger partial charge in [0, 0.05) is 23.7 Å². The second kappa shape index (κ2) is 8.36. The van der Waals surface area contributed by atoms with Gasteiger partial charge in [0.15, 0.2) is 5.82 Å². The molecule has 0 fully saturated rings. The Hall–Kier alpha value is -3.32. The molecule has 7 nitrogen and oxygen atoms in total. The molecule has 1 atom stereocenters. The number of hydrogen-bond donors (Lipinski definition) is 1. The molecule has 1 unspecified atom stereocenters. The van der Waals surface area contributed by atoms with Gasteiger partial charge in [-0.3, -0.25) is 9.48 Å². The molecule has 3 aromatic rings. The van der Waals surface area contributed by atoms with Crippen molar-refractivity contribution in [3.8, 4) is 5.75 Å². The summed E-state index contributed by atoms with van der Waals surface area (Å²) in [5, 5.41) is 11.9. The first-order valence-electron chi connectivity index (χ1n) is 9.06. The maximum absolute atomic E-state index is 12.5. The van der Waals surface area contributed by atoms with Gasteiger partial charge < -0.3 is 14.9 Å². The number of methoxy groups -OCH3 is 1. The number of carbonyl (C=O) groups is 1. The van der Waals surface area contributed by atoms with E-state index < -0.39 is 6.10 Å². The molecule has 29 heavy (non-hydrogen) atoms. The summed E-state index contributed by atoms with van der Waals surface area (Å²) in [6.07, 6.45) is 1.51. The fourth-order valence-corrected chi connectivity index (χ4v) is 3.10. The molecule has 4 rings (SSSR count). The smallest absolute Gasteiger partial charge is 0.269 e. The minimum absolute atomic E-state index is 0.283. The molecule has 0 saturated heterocycles. The van der Waals surface area contributed by atoms with E-state index >= 15 is 0 Å². The van der Waals surface area contributed by atoms with Crippen molar-refractivity contribution < 1.29 is 14.4 Å².